The SMILES string of the molecule is CC(=O)c1ccc(Oc2ccc(Br)cc2C(C)C)nc1. The molecule has 1 heterocycles. The second-order valence-corrected chi connectivity index (χ2v) is 5.80. The summed E-state index contributed by atoms with van der Waals surface area (Å²) in [7, 11) is 0. The van der Waals surface area contributed by atoms with Crippen LogP contribution in [0.4, 0.5) is 0 Å². The van der Waals surface area contributed by atoms with E-state index in [-0.39, 0.29) is 5.78 Å². The average Bonchev–Trinajstić information content (AvgIpc) is 2.41. The number of rotatable bonds is 4. The zero-order chi connectivity index (χ0) is 14.7. The molecule has 0 saturated heterocycles. The third-order valence-electron chi connectivity index (χ3n) is 2.95. The maximum atomic E-state index is 11.2. The molecule has 0 unspecified atom stereocenters. The predicted molar refractivity (Wildman–Crippen MR) is 82.5 cm³/mol. The van der Waals surface area contributed by atoms with E-state index < -0.39 is 0 Å². The van der Waals surface area contributed by atoms with E-state index in [1.54, 1.807) is 12.1 Å². The second-order valence-electron chi connectivity index (χ2n) is 4.88. The zero-order valence-corrected chi connectivity index (χ0v) is 13.3. The molecule has 0 fully saturated rings. The third kappa shape index (κ3) is 3.45. The number of ether oxygens (including phenoxy) is 1. The molecule has 1 aromatic heterocycles. The smallest absolute Gasteiger partial charge is 0.219 e. The monoisotopic (exact) mass is 333 g/mol. The summed E-state index contributed by atoms with van der Waals surface area (Å²) in [5.74, 6) is 1.61. The Hall–Kier alpha value is -1.68. The highest BCUT2D eigenvalue weighted by molar-refractivity contribution is 9.10. The number of nitrogens with zero attached hydrogens (tertiary/aromatic N) is 1. The molecular weight excluding hydrogens is 318 g/mol. The number of pyridine rings is 1. The standard InChI is InChI=1S/C16H16BrNO2/c1-10(2)14-8-13(17)5-6-15(14)20-16-7-4-12(9-18-16)11(3)19/h4-10H,1-3H3. The number of aromatic nitrogens is 1. The molecule has 0 bridgehead atoms. The van der Waals surface area contributed by atoms with Crippen molar-refractivity contribution in [2.75, 3.05) is 0 Å². The minimum atomic E-state index is -0.00411. The molecule has 1 aromatic carbocycles. The molecule has 4 heteroatoms. The van der Waals surface area contributed by atoms with Crippen molar-refractivity contribution in [3.8, 4) is 11.6 Å². The zero-order valence-electron chi connectivity index (χ0n) is 11.7. The summed E-state index contributed by atoms with van der Waals surface area (Å²) >= 11 is 3.47. The third-order valence-corrected chi connectivity index (χ3v) is 3.44. The Morgan fingerprint density at radius 2 is 2.00 bits per heavy atom. The number of benzene rings is 1. The summed E-state index contributed by atoms with van der Waals surface area (Å²) in [4.78, 5) is 15.4. The Kier molecular flexibility index (Phi) is 4.55. The van der Waals surface area contributed by atoms with Gasteiger partial charge in [-0.25, -0.2) is 4.98 Å². The van der Waals surface area contributed by atoms with Crippen LogP contribution in [0.25, 0.3) is 0 Å². The predicted octanol–water partition coefficient (Wildman–Crippen LogP) is 4.96. The fraction of sp³-hybridized carbons (Fsp3) is 0.250. The molecule has 2 rings (SSSR count). The van der Waals surface area contributed by atoms with Gasteiger partial charge in [0, 0.05) is 22.3 Å². The lowest BCUT2D eigenvalue weighted by molar-refractivity contribution is 0.101. The molecule has 20 heavy (non-hydrogen) atoms. The highest BCUT2D eigenvalue weighted by Gasteiger charge is 2.10. The van der Waals surface area contributed by atoms with E-state index in [0.29, 0.717) is 17.4 Å². The highest BCUT2D eigenvalue weighted by Crippen LogP contribution is 2.32. The highest BCUT2D eigenvalue weighted by atomic mass is 79.9. The normalized spacial score (nSPS) is 10.7. The fourth-order valence-corrected chi connectivity index (χ4v) is 2.20. The van der Waals surface area contributed by atoms with Crippen molar-refractivity contribution in [2.24, 2.45) is 0 Å². The van der Waals surface area contributed by atoms with Crippen LogP contribution in [0.5, 0.6) is 11.6 Å². The van der Waals surface area contributed by atoms with Crippen molar-refractivity contribution in [1.82, 2.24) is 4.98 Å². The van der Waals surface area contributed by atoms with Gasteiger partial charge in [-0.05, 0) is 42.7 Å². The maximum absolute atomic E-state index is 11.2. The topological polar surface area (TPSA) is 39.2 Å². The van der Waals surface area contributed by atoms with E-state index >= 15 is 0 Å². The van der Waals surface area contributed by atoms with Crippen molar-refractivity contribution in [1.29, 1.82) is 0 Å². The van der Waals surface area contributed by atoms with Gasteiger partial charge in [0.05, 0.1) is 0 Å². The quantitative estimate of drug-likeness (QED) is 0.742. The molecule has 0 radical (unpaired) electrons. The number of halogens is 1. The van der Waals surface area contributed by atoms with E-state index in [1.165, 1.54) is 13.1 Å². The van der Waals surface area contributed by atoms with Crippen LogP contribution in [-0.4, -0.2) is 10.8 Å². The minimum Gasteiger partial charge on any atom is -0.439 e. The molecule has 0 aliphatic heterocycles. The first-order valence-electron chi connectivity index (χ1n) is 6.41. The van der Waals surface area contributed by atoms with Crippen LogP contribution in [0.3, 0.4) is 0 Å². The summed E-state index contributed by atoms with van der Waals surface area (Å²) < 4.78 is 6.84. The van der Waals surface area contributed by atoms with Crippen LogP contribution in [0, 0.1) is 0 Å². The first-order valence-corrected chi connectivity index (χ1v) is 7.21. The van der Waals surface area contributed by atoms with Crippen molar-refractivity contribution in [3.63, 3.8) is 0 Å². The lowest BCUT2D eigenvalue weighted by Crippen LogP contribution is -1.97. The fourth-order valence-electron chi connectivity index (χ4n) is 1.83. The van der Waals surface area contributed by atoms with Gasteiger partial charge in [0.25, 0.3) is 0 Å². The first-order chi connectivity index (χ1) is 9.47. The Bertz CT molecular complexity index is 621. The molecule has 0 spiro atoms. The summed E-state index contributed by atoms with van der Waals surface area (Å²) in [6.45, 7) is 5.74. The van der Waals surface area contributed by atoms with Gasteiger partial charge in [-0.15, -0.1) is 0 Å². The van der Waals surface area contributed by atoms with Crippen LogP contribution in [0.15, 0.2) is 41.0 Å². The molecule has 0 amide bonds. The number of ketones is 1. The van der Waals surface area contributed by atoms with E-state index in [0.717, 1.165) is 15.8 Å². The molecule has 0 aliphatic carbocycles. The van der Waals surface area contributed by atoms with Gasteiger partial charge in [-0.2, -0.15) is 0 Å². The van der Waals surface area contributed by atoms with Crippen LogP contribution < -0.4 is 4.74 Å². The minimum absolute atomic E-state index is 0.00411. The molecule has 2 aromatic rings. The van der Waals surface area contributed by atoms with Crippen LogP contribution in [0.2, 0.25) is 0 Å². The molecule has 3 nitrogen and oxygen atoms in total. The van der Waals surface area contributed by atoms with Gasteiger partial charge in [0.15, 0.2) is 5.78 Å². The van der Waals surface area contributed by atoms with Crippen LogP contribution in [-0.2, 0) is 0 Å². The van der Waals surface area contributed by atoms with Crippen LogP contribution in [0.1, 0.15) is 42.6 Å². The van der Waals surface area contributed by atoms with Crippen molar-refractivity contribution < 1.29 is 9.53 Å². The average molecular weight is 334 g/mol. The molecule has 0 aliphatic rings. The lowest BCUT2D eigenvalue weighted by Gasteiger charge is -2.13. The van der Waals surface area contributed by atoms with Crippen LogP contribution >= 0.6 is 15.9 Å². The van der Waals surface area contributed by atoms with Crippen molar-refractivity contribution >= 4 is 21.7 Å². The Balaban J connectivity index is 2.27. The van der Waals surface area contributed by atoms with Crippen molar-refractivity contribution in [2.45, 2.75) is 26.7 Å². The van der Waals surface area contributed by atoms with E-state index in [9.17, 15) is 4.79 Å². The molecule has 104 valence electrons. The summed E-state index contributed by atoms with van der Waals surface area (Å²) in [5, 5.41) is 0. The largest absolute Gasteiger partial charge is 0.439 e. The lowest BCUT2D eigenvalue weighted by atomic mass is 10.0. The van der Waals surface area contributed by atoms with Gasteiger partial charge in [-0.3, -0.25) is 4.79 Å². The number of hydrogen-bond donors (Lipinski definition) is 0. The van der Waals surface area contributed by atoms with Gasteiger partial charge >= 0.3 is 0 Å². The van der Waals surface area contributed by atoms with Gasteiger partial charge in [0.1, 0.15) is 5.75 Å². The second kappa shape index (κ2) is 6.18. The van der Waals surface area contributed by atoms with E-state index in [4.69, 9.17) is 4.74 Å². The maximum Gasteiger partial charge on any atom is 0.219 e. The number of Topliss-reactive ketones (excluding diaryl/α,β-unsaturated/α-hetero) is 1. The van der Waals surface area contributed by atoms with E-state index in [2.05, 4.69) is 34.8 Å². The summed E-state index contributed by atoms with van der Waals surface area (Å²) in [6.07, 6.45) is 1.53. The Labute approximate surface area is 127 Å². The van der Waals surface area contributed by atoms with Gasteiger partial charge in [0.2, 0.25) is 5.88 Å². The molecule has 0 atom stereocenters. The van der Waals surface area contributed by atoms with E-state index in [1.807, 2.05) is 18.2 Å². The number of hydrogen-bond acceptors (Lipinski definition) is 3. The van der Waals surface area contributed by atoms with Gasteiger partial charge in [-0.1, -0.05) is 29.8 Å². The summed E-state index contributed by atoms with van der Waals surface area (Å²) in [5.41, 5.74) is 1.69. The van der Waals surface area contributed by atoms with Gasteiger partial charge < -0.3 is 4.74 Å². The molecular formula is C16H16BrNO2. The first kappa shape index (κ1) is 14.7. The summed E-state index contributed by atoms with van der Waals surface area (Å²) in [6, 6.07) is 9.33. The Morgan fingerprint density at radius 1 is 1.25 bits per heavy atom. The van der Waals surface area contributed by atoms with Crippen molar-refractivity contribution in [3.05, 3.63) is 52.1 Å². The Morgan fingerprint density at radius 3 is 2.55 bits per heavy atom. The number of carbonyl (C=O) groups excluding carboxylic acids is 1. The molecule has 0 saturated carbocycles. The number of carbonyl (C=O) groups is 1. The molecule has 0 N–H and O–H groups in total.